The molecule has 4 aliphatic carbocycles. The van der Waals surface area contributed by atoms with E-state index in [1.807, 2.05) is 32.9 Å². The number of rotatable bonds is 7. The Bertz CT molecular complexity index is 684. The second kappa shape index (κ2) is 7.94. The molecule has 4 fully saturated rings. The van der Waals surface area contributed by atoms with E-state index in [1.165, 1.54) is 44.1 Å². The van der Waals surface area contributed by atoms with Crippen LogP contribution in [0.3, 0.4) is 0 Å². The first-order valence-corrected chi connectivity index (χ1v) is 11.5. The van der Waals surface area contributed by atoms with E-state index in [-0.39, 0.29) is 18.1 Å². The quantitative estimate of drug-likeness (QED) is 0.701. The molecule has 4 heteroatoms. The minimum absolute atomic E-state index is 0.0535. The molecule has 0 radical (unpaired) electrons. The van der Waals surface area contributed by atoms with Crippen LogP contribution in [0.1, 0.15) is 71.8 Å². The Morgan fingerprint density at radius 3 is 2.14 bits per heavy atom. The van der Waals surface area contributed by atoms with Crippen molar-refractivity contribution in [1.29, 1.82) is 0 Å². The van der Waals surface area contributed by atoms with Gasteiger partial charge in [-0.3, -0.25) is 4.79 Å². The summed E-state index contributed by atoms with van der Waals surface area (Å²) in [5.74, 6) is 3.65. The van der Waals surface area contributed by atoms with Gasteiger partial charge in [-0.25, -0.2) is 0 Å². The molecule has 5 rings (SSSR count). The van der Waals surface area contributed by atoms with Gasteiger partial charge in [0.2, 0.25) is 0 Å². The highest BCUT2D eigenvalue weighted by Crippen LogP contribution is 2.61. The van der Waals surface area contributed by atoms with Crippen LogP contribution in [0.5, 0.6) is 5.75 Å². The summed E-state index contributed by atoms with van der Waals surface area (Å²) in [5, 5.41) is 6.76. The second-order valence-electron chi connectivity index (χ2n) is 11.1. The first-order chi connectivity index (χ1) is 13.7. The van der Waals surface area contributed by atoms with Gasteiger partial charge in [0.05, 0.1) is 0 Å². The number of hydrogen-bond donors (Lipinski definition) is 2. The SMILES string of the molecule is C[C@@H](NCc1ccc(OCC(=O)NC(C)(C)C)cc1)C12CC3CC(CC(C3)C1)C2. The maximum absolute atomic E-state index is 11.9. The second-order valence-corrected chi connectivity index (χ2v) is 11.1. The molecule has 1 amide bonds. The van der Waals surface area contributed by atoms with Gasteiger partial charge in [0.15, 0.2) is 6.61 Å². The Balaban J connectivity index is 1.26. The fourth-order valence-electron chi connectivity index (χ4n) is 6.50. The van der Waals surface area contributed by atoms with Crippen LogP contribution in [0.15, 0.2) is 24.3 Å². The van der Waals surface area contributed by atoms with E-state index in [9.17, 15) is 4.79 Å². The van der Waals surface area contributed by atoms with E-state index in [1.54, 1.807) is 0 Å². The van der Waals surface area contributed by atoms with E-state index >= 15 is 0 Å². The highest BCUT2D eigenvalue weighted by Gasteiger charge is 2.52. The van der Waals surface area contributed by atoms with E-state index in [2.05, 4.69) is 29.7 Å². The van der Waals surface area contributed by atoms with Gasteiger partial charge >= 0.3 is 0 Å². The highest BCUT2D eigenvalue weighted by molar-refractivity contribution is 5.78. The fraction of sp³-hybridized carbons (Fsp3) is 0.720. The minimum Gasteiger partial charge on any atom is -0.484 e. The Morgan fingerprint density at radius 1 is 1.07 bits per heavy atom. The lowest BCUT2D eigenvalue weighted by atomic mass is 9.48. The molecule has 0 aromatic heterocycles. The Hall–Kier alpha value is -1.55. The van der Waals surface area contributed by atoms with Gasteiger partial charge in [-0.15, -0.1) is 0 Å². The van der Waals surface area contributed by atoms with Gasteiger partial charge in [0.25, 0.3) is 5.91 Å². The van der Waals surface area contributed by atoms with E-state index in [0.29, 0.717) is 11.5 Å². The van der Waals surface area contributed by atoms with Crippen molar-refractivity contribution in [2.24, 2.45) is 23.2 Å². The normalized spacial score (nSPS) is 31.5. The number of ether oxygens (including phenoxy) is 1. The molecule has 0 aliphatic heterocycles. The summed E-state index contributed by atoms with van der Waals surface area (Å²) in [7, 11) is 0. The molecule has 0 heterocycles. The summed E-state index contributed by atoms with van der Waals surface area (Å²) in [6.07, 6.45) is 8.83. The van der Waals surface area contributed by atoms with Crippen LogP contribution in [0.4, 0.5) is 0 Å². The minimum atomic E-state index is -0.233. The monoisotopic (exact) mass is 398 g/mol. The molecule has 1 aromatic rings. The van der Waals surface area contributed by atoms with Crippen molar-refractivity contribution in [3.63, 3.8) is 0 Å². The van der Waals surface area contributed by atoms with Gasteiger partial charge in [-0.2, -0.15) is 0 Å². The fourth-order valence-corrected chi connectivity index (χ4v) is 6.50. The zero-order valence-corrected chi connectivity index (χ0v) is 18.6. The Morgan fingerprint density at radius 2 is 1.62 bits per heavy atom. The number of carbonyl (C=O) groups is 1. The number of hydrogen-bond acceptors (Lipinski definition) is 3. The van der Waals surface area contributed by atoms with Crippen LogP contribution >= 0.6 is 0 Å². The van der Waals surface area contributed by atoms with Crippen LogP contribution in [-0.2, 0) is 11.3 Å². The van der Waals surface area contributed by atoms with Gasteiger partial charge in [0.1, 0.15) is 5.75 Å². The average molecular weight is 399 g/mol. The zero-order valence-electron chi connectivity index (χ0n) is 18.6. The van der Waals surface area contributed by atoms with Gasteiger partial charge in [-0.05, 0) is 107 Å². The Labute approximate surface area is 176 Å². The lowest BCUT2D eigenvalue weighted by Gasteiger charge is -2.59. The third-order valence-corrected chi connectivity index (χ3v) is 7.42. The molecular formula is C25H38N2O2. The lowest BCUT2D eigenvalue weighted by Crippen LogP contribution is -2.54. The van der Waals surface area contributed by atoms with Crippen molar-refractivity contribution in [2.45, 2.75) is 84.3 Å². The summed E-state index contributed by atoms with van der Waals surface area (Å²) in [4.78, 5) is 11.9. The summed E-state index contributed by atoms with van der Waals surface area (Å²) in [6.45, 7) is 9.27. The number of amides is 1. The van der Waals surface area contributed by atoms with Crippen molar-refractivity contribution < 1.29 is 9.53 Å². The molecule has 0 saturated heterocycles. The summed E-state index contributed by atoms with van der Waals surface area (Å²) in [5.41, 5.74) is 1.58. The summed E-state index contributed by atoms with van der Waals surface area (Å²) < 4.78 is 5.63. The third-order valence-electron chi connectivity index (χ3n) is 7.42. The van der Waals surface area contributed by atoms with E-state index in [0.717, 1.165) is 30.0 Å². The largest absolute Gasteiger partial charge is 0.484 e. The molecule has 4 aliphatic rings. The molecule has 29 heavy (non-hydrogen) atoms. The first kappa shape index (κ1) is 20.7. The van der Waals surface area contributed by atoms with Gasteiger partial charge in [-0.1, -0.05) is 12.1 Å². The molecule has 4 saturated carbocycles. The maximum atomic E-state index is 11.9. The smallest absolute Gasteiger partial charge is 0.258 e. The predicted octanol–water partition coefficient (Wildman–Crippen LogP) is 4.67. The Kier molecular flexibility index (Phi) is 5.67. The summed E-state index contributed by atoms with van der Waals surface area (Å²) >= 11 is 0. The van der Waals surface area contributed by atoms with Crippen LogP contribution in [-0.4, -0.2) is 24.1 Å². The lowest BCUT2D eigenvalue weighted by molar-refractivity contribution is -0.124. The topological polar surface area (TPSA) is 50.4 Å². The molecule has 2 N–H and O–H groups in total. The zero-order chi connectivity index (χ0) is 20.6. The molecule has 1 aromatic carbocycles. The molecule has 0 unspecified atom stereocenters. The molecule has 4 bridgehead atoms. The molecule has 0 spiro atoms. The van der Waals surface area contributed by atoms with Gasteiger partial charge < -0.3 is 15.4 Å². The van der Waals surface area contributed by atoms with Crippen LogP contribution < -0.4 is 15.4 Å². The first-order valence-electron chi connectivity index (χ1n) is 11.5. The van der Waals surface area contributed by atoms with E-state index < -0.39 is 0 Å². The number of nitrogens with one attached hydrogen (secondary N) is 2. The van der Waals surface area contributed by atoms with Crippen LogP contribution in [0.25, 0.3) is 0 Å². The molecular weight excluding hydrogens is 360 g/mol. The molecule has 160 valence electrons. The maximum Gasteiger partial charge on any atom is 0.258 e. The van der Waals surface area contributed by atoms with E-state index in [4.69, 9.17) is 4.74 Å². The molecule has 4 nitrogen and oxygen atoms in total. The van der Waals surface area contributed by atoms with Gasteiger partial charge in [0, 0.05) is 18.1 Å². The highest BCUT2D eigenvalue weighted by atomic mass is 16.5. The average Bonchev–Trinajstić information content (AvgIpc) is 2.63. The standard InChI is InChI=1S/C25H38N2O2/c1-17(25-12-19-9-20(13-25)11-21(10-19)14-25)26-15-18-5-7-22(8-6-18)29-16-23(28)27-24(2,3)4/h5-8,17,19-21,26H,9-16H2,1-4H3,(H,27,28)/t17-,19?,20?,21?,25?/m1/s1. The predicted molar refractivity (Wildman–Crippen MR) is 117 cm³/mol. The van der Waals surface area contributed by atoms with Crippen molar-refractivity contribution in [3.8, 4) is 5.75 Å². The van der Waals surface area contributed by atoms with Crippen molar-refractivity contribution in [1.82, 2.24) is 10.6 Å². The van der Waals surface area contributed by atoms with Crippen molar-refractivity contribution in [2.75, 3.05) is 6.61 Å². The van der Waals surface area contributed by atoms with Crippen LogP contribution in [0, 0.1) is 23.2 Å². The molecule has 1 atom stereocenters. The van der Waals surface area contributed by atoms with Crippen molar-refractivity contribution >= 4 is 5.91 Å². The number of benzene rings is 1. The number of carbonyl (C=O) groups excluding carboxylic acids is 1. The summed E-state index contributed by atoms with van der Waals surface area (Å²) in [6, 6.07) is 8.73. The third kappa shape index (κ3) is 4.96. The van der Waals surface area contributed by atoms with Crippen molar-refractivity contribution in [3.05, 3.63) is 29.8 Å². The van der Waals surface area contributed by atoms with Crippen LogP contribution in [0.2, 0.25) is 0 Å².